The van der Waals surface area contributed by atoms with Gasteiger partial charge in [0, 0.05) is 47.5 Å². The SMILES string of the molecule is Cc1cc(O)ccc1-[n+]1ccc(-c2cc[n+](-c3ccc(O)cc3C)cc2)cc1. The Morgan fingerprint density at radius 1 is 0.536 bits per heavy atom. The van der Waals surface area contributed by atoms with E-state index >= 15 is 0 Å². The van der Waals surface area contributed by atoms with Gasteiger partial charge in [0.1, 0.15) is 11.5 Å². The number of phenolic OH excluding ortho intramolecular Hbond substituents is 2. The third kappa shape index (κ3) is 3.45. The highest BCUT2D eigenvalue weighted by atomic mass is 16.3. The first-order chi connectivity index (χ1) is 13.5. The fraction of sp³-hybridized carbons (Fsp3) is 0.0833. The molecule has 0 saturated carbocycles. The minimum atomic E-state index is 0.278. The molecule has 4 nitrogen and oxygen atoms in total. The fourth-order valence-corrected chi connectivity index (χ4v) is 3.42. The van der Waals surface area contributed by atoms with Crippen molar-refractivity contribution in [2.24, 2.45) is 0 Å². The summed E-state index contributed by atoms with van der Waals surface area (Å²) in [4.78, 5) is 0. The summed E-state index contributed by atoms with van der Waals surface area (Å²) in [6.45, 7) is 3.97. The van der Waals surface area contributed by atoms with Crippen molar-refractivity contribution in [3.63, 3.8) is 0 Å². The Morgan fingerprint density at radius 2 is 0.893 bits per heavy atom. The summed E-state index contributed by atoms with van der Waals surface area (Å²) in [5, 5.41) is 19.2. The van der Waals surface area contributed by atoms with Crippen LogP contribution in [0.3, 0.4) is 0 Å². The van der Waals surface area contributed by atoms with Crippen molar-refractivity contribution >= 4 is 0 Å². The van der Waals surface area contributed by atoms with Crippen LogP contribution in [0.4, 0.5) is 0 Å². The molecule has 4 aromatic rings. The minimum Gasteiger partial charge on any atom is -0.508 e. The van der Waals surface area contributed by atoms with Gasteiger partial charge in [-0.1, -0.05) is 0 Å². The van der Waals surface area contributed by atoms with Crippen molar-refractivity contribution < 1.29 is 19.3 Å². The first-order valence-corrected chi connectivity index (χ1v) is 9.14. The lowest BCUT2D eigenvalue weighted by molar-refractivity contribution is -0.596. The van der Waals surface area contributed by atoms with Crippen LogP contribution in [0, 0.1) is 13.8 Å². The molecule has 0 atom stereocenters. The molecule has 0 spiro atoms. The maximum atomic E-state index is 9.59. The van der Waals surface area contributed by atoms with Crippen LogP contribution in [0.5, 0.6) is 11.5 Å². The summed E-state index contributed by atoms with van der Waals surface area (Å²) in [5.74, 6) is 0.555. The van der Waals surface area contributed by atoms with E-state index in [9.17, 15) is 10.2 Å². The standard InChI is InChI=1S/C24H20N2O2/c1-17-15-21(27)3-5-23(17)25-11-7-19(8-12-25)20-9-13-26(14-10-20)24-6-4-22(28)16-18(24)2/h3-16H,1-2H3/p+2. The monoisotopic (exact) mass is 370 g/mol. The molecule has 0 amide bonds. The lowest BCUT2D eigenvalue weighted by Gasteiger charge is -2.04. The highest BCUT2D eigenvalue weighted by Crippen LogP contribution is 2.20. The van der Waals surface area contributed by atoms with Crippen LogP contribution < -0.4 is 9.13 Å². The average molecular weight is 370 g/mol. The van der Waals surface area contributed by atoms with Gasteiger partial charge in [0.25, 0.3) is 0 Å². The van der Waals surface area contributed by atoms with Crippen LogP contribution >= 0.6 is 0 Å². The molecule has 0 fully saturated rings. The van der Waals surface area contributed by atoms with Crippen LogP contribution in [-0.4, -0.2) is 10.2 Å². The van der Waals surface area contributed by atoms with Gasteiger partial charge >= 0.3 is 0 Å². The molecule has 4 rings (SSSR count). The van der Waals surface area contributed by atoms with E-state index in [1.54, 1.807) is 24.3 Å². The maximum Gasteiger partial charge on any atom is 0.213 e. The van der Waals surface area contributed by atoms with E-state index in [2.05, 4.69) is 24.3 Å². The number of benzene rings is 2. The minimum absolute atomic E-state index is 0.278. The zero-order chi connectivity index (χ0) is 19.7. The summed E-state index contributed by atoms with van der Waals surface area (Å²) in [5.41, 5.74) is 6.37. The fourth-order valence-electron chi connectivity index (χ4n) is 3.42. The molecule has 0 radical (unpaired) electrons. The number of aromatic hydroxyl groups is 2. The number of phenols is 2. The Hall–Kier alpha value is -3.66. The molecular weight excluding hydrogens is 348 g/mol. The van der Waals surface area contributed by atoms with Crippen molar-refractivity contribution in [1.82, 2.24) is 0 Å². The van der Waals surface area contributed by atoms with Gasteiger partial charge in [0.15, 0.2) is 24.8 Å². The lowest BCUT2D eigenvalue weighted by Crippen LogP contribution is -2.30. The molecule has 138 valence electrons. The molecule has 0 saturated heterocycles. The summed E-state index contributed by atoms with van der Waals surface area (Å²) >= 11 is 0. The van der Waals surface area contributed by atoms with Crippen LogP contribution in [-0.2, 0) is 0 Å². The van der Waals surface area contributed by atoms with Gasteiger partial charge in [0.05, 0.1) is 0 Å². The van der Waals surface area contributed by atoms with E-state index in [-0.39, 0.29) is 11.5 Å². The van der Waals surface area contributed by atoms with E-state index in [0.29, 0.717) is 0 Å². The number of aryl methyl sites for hydroxylation is 2. The van der Waals surface area contributed by atoms with Gasteiger partial charge in [-0.3, -0.25) is 0 Å². The first-order valence-electron chi connectivity index (χ1n) is 9.14. The number of rotatable bonds is 3. The Balaban J connectivity index is 1.61. The second-order valence-electron chi connectivity index (χ2n) is 6.93. The van der Waals surface area contributed by atoms with Crippen LogP contribution in [0.2, 0.25) is 0 Å². The zero-order valence-corrected chi connectivity index (χ0v) is 15.9. The van der Waals surface area contributed by atoms with Gasteiger partial charge in [-0.05, 0) is 49.2 Å². The highest BCUT2D eigenvalue weighted by molar-refractivity contribution is 5.61. The molecule has 0 aliphatic heterocycles. The molecule has 2 aromatic heterocycles. The molecule has 2 heterocycles. The Morgan fingerprint density at radius 3 is 1.21 bits per heavy atom. The molecule has 4 heteroatoms. The molecular formula is C24H22N2O2+2. The summed E-state index contributed by atoms with van der Waals surface area (Å²) in [6, 6.07) is 19.1. The van der Waals surface area contributed by atoms with E-state index in [1.165, 1.54) is 0 Å². The van der Waals surface area contributed by atoms with Crippen LogP contribution in [0.1, 0.15) is 11.1 Å². The van der Waals surface area contributed by atoms with E-state index in [4.69, 9.17) is 0 Å². The van der Waals surface area contributed by atoms with Gasteiger partial charge < -0.3 is 10.2 Å². The summed E-state index contributed by atoms with van der Waals surface area (Å²) in [6.07, 6.45) is 8.11. The third-order valence-electron chi connectivity index (χ3n) is 4.91. The lowest BCUT2D eigenvalue weighted by atomic mass is 10.1. The van der Waals surface area contributed by atoms with Crippen molar-refractivity contribution in [3.8, 4) is 34.0 Å². The first kappa shape index (κ1) is 17.7. The quantitative estimate of drug-likeness (QED) is 0.537. The Labute approximate surface area is 164 Å². The highest BCUT2D eigenvalue weighted by Gasteiger charge is 2.13. The predicted molar refractivity (Wildman–Crippen MR) is 108 cm³/mol. The van der Waals surface area contributed by atoms with E-state index < -0.39 is 0 Å². The van der Waals surface area contributed by atoms with Gasteiger partial charge in [0.2, 0.25) is 11.4 Å². The van der Waals surface area contributed by atoms with Crippen molar-refractivity contribution in [1.29, 1.82) is 0 Å². The smallest absolute Gasteiger partial charge is 0.213 e. The van der Waals surface area contributed by atoms with E-state index in [0.717, 1.165) is 33.6 Å². The molecule has 28 heavy (non-hydrogen) atoms. The second kappa shape index (κ2) is 7.16. The topological polar surface area (TPSA) is 48.2 Å². The molecule has 0 aliphatic rings. The predicted octanol–water partition coefficient (Wildman–Crippen LogP) is 3.94. The van der Waals surface area contributed by atoms with E-state index in [1.807, 2.05) is 59.9 Å². The largest absolute Gasteiger partial charge is 0.508 e. The zero-order valence-electron chi connectivity index (χ0n) is 15.9. The third-order valence-corrected chi connectivity index (χ3v) is 4.91. The number of nitrogens with zero attached hydrogens (tertiary/aromatic N) is 2. The van der Waals surface area contributed by atoms with Crippen LogP contribution in [0.25, 0.3) is 22.5 Å². The molecule has 2 aromatic carbocycles. The average Bonchev–Trinajstić information content (AvgIpc) is 2.69. The maximum absolute atomic E-state index is 9.59. The van der Waals surface area contributed by atoms with Crippen molar-refractivity contribution in [2.75, 3.05) is 0 Å². The molecule has 2 N–H and O–H groups in total. The number of aromatic nitrogens is 2. The number of pyridine rings is 2. The van der Waals surface area contributed by atoms with Gasteiger partial charge in [-0.25, -0.2) is 0 Å². The van der Waals surface area contributed by atoms with Crippen molar-refractivity contribution in [3.05, 3.63) is 96.6 Å². The number of hydrogen-bond acceptors (Lipinski definition) is 2. The molecule has 0 bridgehead atoms. The second-order valence-corrected chi connectivity index (χ2v) is 6.93. The summed E-state index contributed by atoms with van der Waals surface area (Å²) < 4.78 is 4.09. The van der Waals surface area contributed by atoms with Gasteiger partial charge in [-0.2, -0.15) is 9.13 Å². The van der Waals surface area contributed by atoms with Crippen LogP contribution in [0.15, 0.2) is 85.5 Å². The molecule has 0 unspecified atom stereocenters. The Kier molecular flexibility index (Phi) is 4.53. The Bertz CT molecular complexity index is 1040. The normalized spacial score (nSPS) is 10.8. The number of hydrogen-bond donors (Lipinski definition) is 2. The van der Waals surface area contributed by atoms with Crippen molar-refractivity contribution in [2.45, 2.75) is 13.8 Å². The molecule has 0 aliphatic carbocycles. The summed E-state index contributed by atoms with van der Waals surface area (Å²) in [7, 11) is 0. The van der Waals surface area contributed by atoms with Gasteiger partial charge in [-0.15, -0.1) is 0 Å².